The SMILES string of the molecule is Cc1c(Cl)cc(C(=O)NC(C)C)cc1S(=O)(=O)Cl. The standard InChI is InChI=1S/C11H13Cl2NO3S/c1-6(2)14-11(15)8-4-9(12)7(3)10(5-8)18(13,16)17/h4-6H,1-3H3,(H,14,15). The van der Waals surface area contributed by atoms with Crippen molar-refractivity contribution in [3.8, 4) is 0 Å². The summed E-state index contributed by atoms with van der Waals surface area (Å²) in [4.78, 5) is 11.6. The number of halogens is 2. The lowest BCUT2D eigenvalue weighted by molar-refractivity contribution is 0.0943. The van der Waals surface area contributed by atoms with Gasteiger partial charge in [0.25, 0.3) is 15.0 Å². The Morgan fingerprint density at radius 2 is 1.89 bits per heavy atom. The van der Waals surface area contributed by atoms with Gasteiger partial charge in [0, 0.05) is 27.3 Å². The quantitative estimate of drug-likeness (QED) is 0.873. The van der Waals surface area contributed by atoms with Gasteiger partial charge in [-0.1, -0.05) is 11.6 Å². The Morgan fingerprint density at radius 3 is 2.33 bits per heavy atom. The van der Waals surface area contributed by atoms with E-state index in [1.165, 1.54) is 19.1 Å². The monoisotopic (exact) mass is 309 g/mol. The first-order chi connectivity index (χ1) is 8.12. The van der Waals surface area contributed by atoms with Gasteiger partial charge in [0.2, 0.25) is 0 Å². The number of benzene rings is 1. The van der Waals surface area contributed by atoms with Gasteiger partial charge in [-0.3, -0.25) is 4.79 Å². The highest BCUT2D eigenvalue weighted by Crippen LogP contribution is 2.27. The van der Waals surface area contributed by atoms with Crippen LogP contribution < -0.4 is 5.32 Å². The van der Waals surface area contributed by atoms with Crippen LogP contribution in [-0.4, -0.2) is 20.4 Å². The molecule has 1 aromatic carbocycles. The Bertz CT molecular complexity index is 582. The molecule has 0 aliphatic heterocycles. The van der Waals surface area contributed by atoms with Gasteiger partial charge in [-0.2, -0.15) is 0 Å². The predicted octanol–water partition coefficient (Wildman–Crippen LogP) is 2.71. The maximum absolute atomic E-state index is 11.8. The van der Waals surface area contributed by atoms with Crippen molar-refractivity contribution in [3.63, 3.8) is 0 Å². The van der Waals surface area contributed by atoms with Crippen LogP contribution in [0.1, 0.15) is 29.8 Å². The van der Waals surface area contributed by atoms with Gasteiger partial charge >= 0.3 is 0 Å². The lowest BCUT2D eigenvalue weighted by Crippen LogP contribution is -2.30. The van der Waals surface area contributed by atoms with E-state index in [2.05, 4.69) is 5.32 Å². The number of carbonyl (C=O) groups is 1. The minimum atomic E-state index is -3.93. The van der Waals surface area contributed by atoms with Crippen LogP contribution in [0.15, 0.2) is 17.0 Å². The molecular weight excluding hydrogens is 297 g/mol. The van der Waals surface area contributed by atoms with Crippen LogP contribution in [0.2, 0.25) is 5.02 Å². The number of amides is 1. The maximum atomic E-state index is 11.8. The van der Waals surface area contributed by atoms with Crippen LogP contribution in [-0.2, 0) is 9.05 Å². The molecule has 7 heteroatoms. The van der Waals surface area contributed by atoms with E-state index in [1.54, 1.807) is 13.8 Å². The minimum Gasteiger partial charge on any atom is -0.350 e. The largest absolute Gasteiger partial charge is 0.350 e. The number of rotatable bonds is 3. The van der Waals surface area contributed by atoms with E-state index in [9.17, 15) is 13.2 Å². The summed E-state index contributed by atoms with van der Waals surface area (Å²) < 4.78 is 22.8. The highest BCUT2D eigenvalue weighted by molar-refractivity contribution is 8.13. The van der Waals surface area contributed by atoms with Gasteiger partial charge in [0.15, 0.2) is 0 Å². The van der Waals surface area contributed by atoms with Crippen LogP contribution in [0.5, 0.6) is 0 Å². The Morgan fingerprint density at radius 1 is 1.33 bits per heavy atom. The van der Waals surface area contributed by atoms with Gasteiger partial charge in [0.1, 0.15) is 0 Å². The van der Waals surface area contributed by atoms with E-state index in [1.807, 2.05) is 0 Å². The van der Waals surface area contributed by atoms with Crippen LogP contribution in [0, 0.1) is 6.92 Å². The van der Waals surface area contributed by atoms with Gasteiger partial charge in [0.05, 0.1) is 4.90 Å². The average Bonchev–Trinajstić information content (AvgIpc) is 2.18. The smallest absolute Gasteiger partial charge is 0.261 e. The molecule has 1 N–H and O–H groups in total. The fourth-order valence-corrected chi connectivity index (χ4v) is 2.88. The number of hydrogen-bond donors (Lipinski definition) is 1. The van der Waals surface area contributed by atoms with Crippen molar-refractivity contribution < 1.29 is 13.2 Å². The van der Waals surface area contributed by atoms with Gasteiger partial charge in [-0.05, 0) is 38.5 Å². The highest BCUT2D eigenvalue weighted by atomic mass is 35.7. The lowest BCUT2D eigenvalue weighted by Gasteiger charge is -2.11. The van der Waals surface area contributed by atoms with E-state index in [-0.39, 0.29) is 21.5 Å². The third kappa shape index (κ3) is 3.60. The molecule has 100 valence electrons. The molecule has 0 aromatic heterocycles. The van der Waals surface area contributed by atoms with Crippen molar-refractivity contribution in [1.82, 2.24) is 5.32 Å². The Labute approximate surface area is 116 Å². The normalized spacial score (nSPS) is 11.7. The molecule has 1 amide bonds. The van der Waals surface area contributed by atoms with Crippen molar-refractivity contribution >= 4 is 37.2 Å². The lowest BCUT2D eigenvalue weighted by atomic mass is 10.1. The molecule has 0 atom stereocenters. The number of nitrogens with one attached hydrogen (secondary N) is 1. The second-order valence-electron chi connectivity index (χ2n) is 4.15. The van der Waals surface area contributed by atoms with Crippen molar-refractivity contribution in [3.05, 3.63) is 28.3 Å². The molecule has 0 saturated carbocycles. The van der Waals surface area contributed by atoms with Crippen LogP contribution >= 0.6 is 22.3 Å². The van der Waals surface area contributed by atoms with Gasteiger partial charge in [-0.25, -0.2) is 8.42 Å². The van der Waals surface area contributed by atoms with E-state index >= 15 is 0 Å². The molecule has 1 aromatic rings. The fraction of sp³-hybridized carbons (Fsp3) is 0.364. The third-order valence-corrected chi connectivity index (χ3v) is 4.08. The Balaban J connectivity index is 3.34. The maximum Gasteiger partial charge on any atom is 0.261 e. The molecule has 18 heavy (non-hydrogen) atoms. The third-order valence-electron chi connectivity index (χ3n) is 2.24. The first-order valence-electron chi connectivity index (χ1n) is 5.18. The summed E-state index contributed by atoms with van der Waals surface area (Å²) in [5.74, 6) is -0.395. The second kappa shape index (κ2) is 5.47. The second-order valence-corrected chi connectivity index (χ2v) is 7.09. The molecule has 0 aliphatic carbocycles. The van der Waals surface area contributed by atoms with Crippen molar-refractivity contribution in [2.45, 2.75) is 31.7 Å². The van der Waals surface area contributed by atoms with E-state index in [0.717, 1.165) is 0 Å². The topological polar surface area (TPSA) is 63.2 Å². The Kier molecular flexibility index (Phi) is 4.64. The molecule has 4 nitrogen and oxygen atoms in total. The average molecular weight is 310 g/mol. The molecular formula is C11H13Cl2NO3S. The summed E-state index contributed by atoms with van der Waals surface area (Å²) in [5.41, 5.74) is 0.492. The summed E-state index contributed by atoms with van der Waals surface area (Å²) >= 11 is 5.90. The van der Waals surface area contributed by atoms with Gasteiger partial charge < -0.3 is 5.32 Å². The van der Waals surface area contributed by atoms with Crippen molar-refractivity contribution in [2.75, 3.05) is 0 Å². The fourth-order valence-electron chi connectivity index (χ4n) is 1.38. The van der Waals surface area contributed by atoms with E-state index < -0.39 is 15.0 Å². The van der Waals surface area contributed by atoms with Crippen molar-refractivity contribution in [2.24, 2.45) is 0 Å². The van der Waals surface area contributed by atoms with Crippen molar-refractivity contribution in [1.29, 1.82) is 0 Å². The predicted molar refractivity (Wildman–Crippen MR) is 71.8 cm³/mol. The molecule has 0 heterocycles. The molecule has 1 rings (SSSR count). The van der Waals surface area contributed by atoms with Crippen LogP contribution in [0.3, 0.4) is 0 Å². The van der Waals surface area contributed by atoms with Gasteiger partial charge in [-0.15, -0.1) is 0 Å². The summed E-state index contributed by atoms with van der Waals surface area (Å²) in [5, 5.41) is 2.83. The molecule has 0 unspecified atom stereocenters. The first-order valence-corrected chi connectivity index (χ1v) is 7.87. The Hall–Kier alpha value is -0.780. The molecule has 0 bridgehead atoms. The molecule has 0 aliphatic rings. The van der Waals surface area contributed by atoms with Crippen LogP contribution in [0.25, 0.3) is 0 Å². The minimum absolute atomic E-state index is 0.0614. The van der Waals surface area contributed by atoms with E-state index in [4.69, 9.17) is 22.3 Å². The summed E-state index contributed by atoms with van der Waals surface area (Å²) in [6.07, 6.45) is 0. The molecule has 0 fully saturated rings. The number of hydrogen-bond acceptors (Lipinski definition) is 3. The van der Waals surface area contributed by atoms with E-state index in [0.29, 0.717) is 5.56 Å². The summed E-state index contributed by atoms with van der Waals surface area (Å²) in [6, 6.07) is 2.58. The first kappa shape index (κ1) is 15.3. The molecule has 0 radical (unpaired) electrons. The summed E-state index contributed by atoms with van der Waals surface area (Å²) in [7, 11) is 1.37. The molecule has 0 spiro atoms. The zero-order valence-corrected chi connectivity index (χ0v) is 12.4. The zero-order chi connectivity index (χ0) is 14.1. The zero-order valence-electron chi connectivity index (χ0n) is 10.1. The highest BCUT2D eigenvalue weighted by Gasteiger charge is 2.19. The molecule has 0 saturated heterocycles. The summed E-state index contributed by atoms with van der Waals surface area (Å²) in [6.45, 7) is 5.13. The van der Waals surface area contributed by atoms with Crippen LogP contribution in [0.4, 0.5) is 0 Å². The number of carbonyl (C=O) groups excluding carboxylic acids is 1.